The average molecular weight is 332 g/mol. The molecule has 0 aliphatic heterocycles. The monoisotopic (exact) mass is 332 g/mol. The van der Waals surface area contributed by atoms with Gasteiger partial charge in [-0.3, -0.25) is 0 Å². The maximum Gasteiger partial charge on any atom is 0.315 e. The molecule has 1 fully saturated rings. The van der Waals surface area contributed by atoms with Crippen molar-refractivity contribution in [2.45, 2.75) is 44.4 Å². The molecular weight excluding hydrogens is 312 g/mol. The Kier molecular flexibility index (Phi) is 5.19. The van der Waals surface area contributed by atoms with E-state index in [1.165, 1.54) is 11.3 Å². The first-order valence-corrected chi connectivity index (χ1v) is 8.64. The second-order valence-electron chi connectivity index (χ2n) is 5.65. The van der Waals surface area contributed by atoms with Gasteiger partial charge in [-0.2, -0.15) is 0 Å². The molecule has 1 aromatic carbocycles. The third-order valence-corrected chi connectivity index (χ3v) is 4.91. The van der Waals surface area contributed by atoms with Crippen molar-refractivity contribution in [3.05, 3.63) is 35.3 Å². The summed E-state index contributed by atoms with van der Waals surface area (Å²) in [6, 6.07) is 9.40. The highest BCUT2D eigenvalue weighted by Crippen LogP contribution is 2.23. The topological polar surface area (TPSA) is 87.1 Å². The zero-order valence-electron chi connectivity index (χ0n) is 12.7. The smallest absolute Gasteiger partial charge is 0.315 e. The van der Waals surface area contributed by atoms with Gasteiger partial charge in [-0.25, -0.2) is 4.79 Å². The maximum atomic E-state index is 11.9. The highest BCUT2D eigenvalue weighted by atomic mass is 32.1. The Hall–Kier alpha value is -1.99. The predicted octanol–water partition coefficient (Wildman–Crippen LogP) is 2.31. The molecule has 3 N–H and O–H groups in total. The normalized spacial score (nSPS) is 20.9. The van der Waals surface area contributed by atoms with Crippen molar-refractivity contribution in [2.75, 3.05) is 0 Å². The van der Waals surface area contributed by atoms with E-state index in [1.807, 2.05) is 30.3 Å². The summed E-state index contributed by atoms with van der Waals surface area (Å²) in [4.78, 5) is 11.9. The molecule has 2 aromatic rings. The molecule has 0 unspecified atom stereocenters. The summed E-state index contributed by atoms with van der Waals surface area (Å²) >= 11 is 1.46. The molecule has 1 saturated carbocycles. The predicted molar refractivity (Wildman–Crippen MR) is 89.0 cm³/mol. The summed E-state index contributed by atoms with van der Waals surface area (Å²) in [5.41, 5.74) is 1.02. The summed E-state index contributed by atoms with van der Waals surface area (Å²) in [5.74, 6) is 0. The van der Waals surface area contributed by atoms with Gasteiger partial charge in [0, 0.05) is 5.56 Å². The van der Waals surface area contributed by atoms with Gasteiger partial charge < -0.3 is 15.7 Å². The minimum absolute atomic E-state index is 0.155. The molecule has 3 rings (SSSR count). The number of urea groups is 1. The van der Waals surface area contributed by atoms with E-state index in [2.05, 4.69) is 20.8 Å². The van der Waals surface area contributed by atoms with Crippen LogP contribution >= 0.6 is 11.3 Å². The largest absolute Gasteiger partial charge is 0.391 e. The van der Waals surface area contributed by atoms with Gasteiger partial charge in [-0.15, -0.1) is 10.2 Å². The van der Waals surface area contributed by atoms with E-state index in [0.29, 0.717) is 6.54 Å². The van der Waals surface area contributed by atoms with Crippen LogP contribution in [0, 0.1) is 0 Å². The van der Waals surface area contributed by atoms with E-state index in [0.717, 1.165) is 41.3 Å². The van der Waals surface area contributed by atoms with Crippen LogP contribution in [0.1, 0.15) is 30.7 Å². The molecule has 1 aromatic heterocycles. The Bertz CT molecular complexity index is 647. The van der Waals surface area contributed by atoms with Crippen LogP contribution in [-0.4, -0.2) is 33.5 Å². The molecule has 122 valence electrons. The first-order valence-electron chi connectivity index (χ1n) is 7.82. The van der Waals surface area contributed by atoms with Gasteiger partial charge in [0.2, 0.25) is 0 Å². The van der Waals surface area contributed by atoms with Crippen LogP contribution < -0.4 is 10.6 Å². The molecule has 1 aliphatic carbocycles. The fraction of sp³-hybridized carbons (Fsp3) is 0.438. The summed E-state index contributed by atoms with van der Waals surface area (Å²) in [6.07, 6.45) is 3.20. The second-order valence-corrected chi connectivity index (χ2v) is 6.71. The lowest BCUT2D eigenvalue weighted by Crippen LogP contribution is -2.48. The van der Waals surface area contributed by atoms with Gasteiger partial charge in [0.05, 0.1) is 18.7 Å². The average Bonchev–Trinajstić information content (AvgIpc) is 3.05. The lowest BCUT2D eigenvalue weighted by Gasteiger charge is -2.28. The van der Waals surface area contributed by atoms with E-state index in [1.54, 1.807) is 0 Å². The lowest BCUT2D eigenvalue weighted by atomic mass is 9.93. The number of nitrogens with one attached hydrogen (secondary N) is 2. The maximum absolute atomic E-state index is 11.9. The van der Waals surface area contributed by atoms with E-state index >= 15 is 0 Å². The Morgan fingerprint density at radius 1 is 1.22 bits per heavy atom. The first-order chi connectivity index (χ1) is 11.2. The summed E-state index contributed by atoms with van der Waals surface area (Å²) in [7, 11) is 0. The van der Waals surface area contributed by atoms with Crippen molar-refractivity contribution in [1.82, 2.24) is 20.8 Å². The number of carbonyl (C=O) groups is 1. The number of aliphatic hydroxyl groups is 1. The molecule has 23 heavy (non-hydrogen) atoms. The standard InChI is InChI=1S/C16H20N4O2S/c21-13-9-5-4-8-12(13)18-16(22)17-10-14-19-20-15(23-14)11-6-2-1-3-7-11/h1-3,6-7,12-13,21H,4-5,8-10H2,(H2,17,18,22)/t12-,13-/m0/s1. The molecule has 1 aliphatic rings. The van der Waals surface area contributed by atoms with Crippen molar-refractivity contribution in [3.63, 3.8) is 0 Å². The highest BCUT2D eigenvalue weighted by molar-refractivity contribution is 7.14. The van der Waals surface area contributed by atoms with Crippen molar-refractivity contribution in [1.29, 1.82) is 0 Å². The Morgan fingerprint density at radius 3 is 2.78 bits per heavy atom. The molecule has 7 heteroatoms. The molecular formula is C16H20N4O2S. The molecule has 6 nitrogen and oxygen atoms in total. The van der Waals surface area contributed by atoms with Crippen molar-refractivity contribution >= 4 is 17.4 Å². The van der Waals surface area contributed by atoms with E-state index in [-0.39, 0.29) is 12.1 Å². The minimum atomic E-state index is -0.444. The number of amides is 2. The zero-order chi connectivity index (χ0) is 16.1. The highest BCUT2D eigenvalue weighted by Gasteiger charge is 2.24. The first kappa shape index (κ1) is 15.9. The molecule has 2 atom stereocenters. The SMILES string of the molecule is O=C(NCc1nnc(-c2ccccc2)s1)N[C@H]1CCCC[C@@H]1O. The van der Waals surface area contributed by atoms with Crippen molar-refractivity contribution in [2.24, 2.45) is 0 Å². The number of rotatable bonds is 4. The number of aromatic nitrogens is 2. The minimum Gasteiger partial charge on any atom is -0.391 e. The van der Waals surface area contributed by atoms with Gasteiger partial charge in [-0.1, -0.05) is 54.5 Å². The molecule has 0 spiro atoms. The summed E-state index contributed by atoms with van der Waals surface area (Å²) in [6.45, 7) is 0.332. The van der Waals surface area contributed by atoms with Crippen LogP contribution in [0.5, 0.6) is 0 Å². The quantitative estimate of drug-likeness (QED) is 0.802. The second kappa shape index (κ2) is 7.52. The van der Waals surface area contributed by atoms with E-state index < -0.39 is 6.10 Å². The molecule has 1 heterocycles. The molecule has 2 amide bonds. The molecule has 0 radical (unpaired) electrons. The van der Waals surface area contributed by atoms with E-state index in [4.69, 9.17) is 0 Å². The third-order valence-electron chi connectivity index (χ3n) is 3.93. The number of carbonyl (C=O) groups excluding carboxylic acids is 1. The van der Waals surface area contributed by atoms with Gasteiger partial charge >= 0.3 is 6.03 Å². The number of hydrogen-bond donors (Lipinski definition) is 3. The van der Waals surface area contributed by atoms with Gasteiger partial charge in [-0.05, 0) is 12.8 Å². The fourth-order valence-electron chi connectivity index (χ4n) is 2.68. The third kappa shape index (κ3) is 4.27. The Labute approximate surface area is 139 Å². The number of hydrogen-bond acceptors (Lipinski definition) is 5. The van der Waals surface area contributed by atoms with Crippen molar-refractivity contribution in [3.8, 4) is 10.6 Å². The van der Waals surface area contributed by atoms with Crippen LogP contribution in [0.2, 0.25) is 0 Å². The number of nitrogens with zero attached hydrogens (tertiary/aromatic N) is 2. The fourth-order valence-corrected chi connectivity index (χ4v) is 3.46. The Balaban J connectivity index is 1.50. The van der Waals surface area contributed by atoms with Crippen LogP contribution in [0.25, 0.3) is 10.6 Å². The van der Waals surface area contributed by atoms with Crippen LogP contribution in [0.3, 0.4) is 0 Å². The van der Waals surface area contributed by atoms with E-state index in [9.17, 15) is 9.90 Å². The van der Waals surface area contributed by atoms with Crippen LogP contribution in [0.15, 0.2) is 30.3 Å². The van der Waals surface area contributed by atoms with Crippen LogP contribution in [0.4, 0.5) is 4.79 Å². The number of benzene rings is 1. The van der Waals surface area contributed by atoms with Crippen LogP contribution in [-0.2, 0) is 6.54 Å². The Morgan fingerprint density at radius 2 is 2.00 bits per heavy atom. The zero-order valence-corrected chi connectivity index (χ0v) is 13.6. The van der Waals surface area contributed by atoms with Gasteiger partial charge in [0.15, 0.2) is 0 Å². The summed E-state index contributed by atoms with van der Waals surface area (Å²) < 4.78 is 0. The molecule has 0 bridgehead atoms. The lowest BCUT2D eigenvalue weighted by molar-refractivity contribution is 0.0943. The van der Waals surface area contributed by atoms with Crippen molar-refractivity contribution < 1.29 is 9.90 Å². The van der Waals surface area contributed by atoms with Gasteiger partial charge in [0.25, 0.3) is 0 Å². The molecule has 0 saturated heterocycles. The number of aliphatic hydroxyl groups excluding tert-OH is 1. The summed E-state index contributed by atoms with van der Waals surface area (Å²) in [5, 5.41) is 25.3. The van der Waals surface area contributed by atoms with Gasteiger partial charge in [0.1, 0.15) is 10.0 Å².